The summed E-state index contributed by atoms with van der Waals surface area (Å²) >= 11 is 0. The van der Waals surface area contributed by atoms with Crippen LogP contribution in [0.3, 0.4) is 0 Å². The lowest BCUT2D eigenvalue weighted by atomic mass is 9.99. The highest BCUT2D eigenvalue weighted by Crippen LogP contribution is 2.30. The van der Waals surface area contributed by atoms with Gasteiger partial charge in [-0.15, -0.1) is 0 Å². The molecule has 0 saturated heterocycles. The molecule has 0 saturated carbocycles. The smallest absolute Gasteiger partial charge is 0.408 e. The van der Waals surface area contributed by atoms with Crippen molar-refractivity contribution in [3.05, 3.63) is 47.7 Å². The maximum absolute atomic E-state index is 13.0. The molecule has 180 valence electrons. The fourth-order valence-corrected chi connectivity index (χ4v) is 2.86. The molecule has 0 radical (unpaired) electrons. The highest BCUT2D eigenvalue weighted by Gasteiger charge is 2.24. The van der Waals surface area contributed by atoms with E-state index < -0.39 is 30.3 Å². The first-order valence-electron chi connectivity index (χ1n) is 9.84. The Morgan fingerprint density at radius 1 is 1.24 bits per heavy atom. The second-order valence-electron chi connectivity index (χ2n) is 7.97. The van der Waals surface area contributed by atoms with E-state index in [9.17, 15) is 23.8 Å². The van der Waals surface area contributed by atoms with Gasteiger partial charge in [-0.2, -0.15) is 8.78 Å². The van der Waals surface area contributed by atoms with Crippen LogP contribution >= 0.6 is 9.24 Å². The summed E-state index contributed by atoms with van der Waals surface area (Å²) in [6.45, 7) is 4.27. The number of rotatable bonds is 9. The Hall–Kier alpha value is -2.88. The van der Waals surface area contributed by atoms with Crippen molar-refractivity contribution < 1.29 is 33.3 Å². The third-order valence-corrected chi connectivity index (χ3v) is 4.11. The molecule has 0 fully saturated rings. The molecule has 2 unspecified atom stereocenters. The number of pyridine rings is 1. The average Bonchev–Trinajstić information content (AvgIpc) is 2.70. The van der Waals surface area contributed by atoms with Gasteiger partial charge in [-0.3, -0.25) is 0 Å². The number of aliphatic hydroxyl groups excluding tert-OH is 2. The number of hydrogen-bond acceptors (Lipinski definition) is 8. The number of anilines is 2. The molecular formula is C21H27F2N4O5P. The second kappa shape index (κ2) is 10.8. The summed E-state index contributed by atoms with van der Waals surface area (Å²) in [6, 6.07) is 7.02. The van der Waals surface area contributed by atoms with Crippen molar-refractivity contribution in [3.8, 4) is 5.75 Å². The van der Waals surface area contributed by atoms with Crippen LogP contribution in [-0.2, 0) is 4.74 Å². The van der Waals surface area contributed by atoms with E-state index >= 15 is 0 Å². The first-order chi connectivity index (χ1) is 15.3. The zero-order valence-electron chi connectivity index (χ0n) is 18.4. The van der Waals surface area contributed by atoms with Crippen molar-refractivity contribution in [1.29, 1.82) is 5.41 Å². The van der Waals surface area contributed by atoms with Gasteiger partial charge in [-0.25, -0.2) is 9.78 Å². The summed E-state index contributed by atoms with van der Waals surface area (Å²) in [4.78, 5) is 16.2. The first-order valence-corrected chi connectivity index (χ1v) is 10.4. The van der Waals surface area contributed by atoms with E-state index in [1.54, 1.807) is 20.8 Å². The number of hydrogen-bond donors (Lipinski definition) is 5. The number of aromatic nitrogens is 1. The molecule has 2 atom stereocenters. The lowest BCUT2D eigenvalue weighted by Gasteiger charge is -2.21. The Bertz CT molecular complexity index is 978. The third-order valence-electron chi connectivity index (χ3n) is 4.00. The van der Waals surface area contributed by atoms with Crippen molar-refractivity contribution in [2.75, 3.05) is 18.5 Å². The topological polar surface area (TPSA) is 137 Å². The van der Waals surface area contributed by atoms with Crippen LogP contribution < -0.4 is 15.4 Å². The number of carbonyl (C=O) groups excluding carboxylic acids is 1. The van der Waals surface area contributed by atoms with Gasteiger partial charge in [0.1, 0.15) is 23.3 Å². The van der Waals surface area contributed by atoms with Gasteiger partial charge in [0.25, 0.3) is 0 Å². The van der Waals surface area contributed by atoms with Gasteiger partial charge in [-0.05, 0) is 65.9 Å². The molecule has 0 aliphatic rings. The Morgan fingerprint density at radius 2 is 1.88 bits per heavy atom. The SMILES string of the molecule is CC(C)(C)OC(=O)NCC(=N)c1c(C(O)CO)ccnc1Nc1ccc(OC(F)(F)P)cc1. The Balaban J connectivity index is 2.28. The summed E-state index contributed by atoms with van der Waals surface area (Å²) in [5, 5.41) is 33.5. The van der Waals surface area contributed by atoms with E-state index in [-0.39, 0.29) is 35.0 Å². The van der Waals surface area contributed by atoms with Gasteiger partial charge >= 0.3 is 11.9 Å². The monoisotopic (exact) mass is 484 g/mol. The maximum Gasteiger partial charge on any atom is 0.408 e. The van der Waals surface area contributed by atoms with Gasteiger partial charge in [0.15, 0.2) is 0 Å². The summed E-state index contributed by atoms with van der Waals surface area (Å²) in [7, 11) is 1.28. The summed E-state index contributed by atoms with van der Waals surface area (Å²) < 4.78 is 35.6. The highest BCUT2D eigenvalue weighted by atomic mass is 31.0. The van der Waals surface area contributed by atoms with E-state index in [0.717, 1.165) is 0 Å². The summed E-state index contributed by atoms with van der Waals surface area (Å²) in [5.41, 5.74) is -0.0178. The van der Waals surface area contributed by atoms with Crippen molar-refractivity contribution in [3.63, 3.8) is 0 Å². The molecular weight excluding hydrogens is 457 g/mol. The van der Waals surface area contributed by atoms with Crippen LogP contribution in [0.5, 0.6) is 5.75 Å². The molecule has 1 aromatic carbocycles. The number of nitrogens with one attached hydrogen (secondary N) is 3. The molecule has 0 bridgehead atoms. The number of aliphatic hydroxyl groups is 2. The van der Waals surface area contributed by atoms with E-state index in [4.69, 9.17) is 10.1 Å². The van der Waals surface area contributed by atoms with Crippen LogP contribution in [0.4, 0.5) is 25.1 Å². The van der Waals surface area contributed by atoms with Crippen LogP contribution in [-0.4, -0.2) is 51.6 Å². The predicted molar refractivity (Wildman–Crippen MR) is 122 cm³/mol. The van der Waals surface area contributed by atoms with E-state index in [1.807, 2.05) is 0 Å². The molecule has 33 heavy (non-hydrogen) atoms. The molecule has 0 spiro atoms. The zero-order valence-corrected chi connectivity index (χ0v) is 19.5. The van der Waals surface area contributed by atoms with Crippen molar-refractivity contribution in [2.24, 2.45) is 0 Å². The molecule has 0 aliphatic carbocycles. The normalized spacial score (nSPS) is 12.6. The first kappa shape index (κ1) is 26.4. The third kappa shape index (κ3) is 8.53. The second-order valence-corrected chi connectivity index (χ2v) is 8.64. The zero-order chi connectivity index (χ0) is 24.8. The van der Waals surface area contributed by atoms with E-state index in [0.29, 0.717) is 5.69 Å². The molecule has 9 nitrogen and oxygen atoms in total. The largest absolute Gasteiger partial charge is 0.444 e. The minimum Gasteiger partial charge on any atom is -0.444 e. The van der Waals surface area contributed by atoms with E-state index in [1.165, 1.54) is 45.8 Å². The van der Waals surface area contributed by atoms with Crippen LogP contribution in [0, 0.1) is 5.41 Å². The molecule has 5 N–H and O–H groups in total. The maximum atomic E-state index is 13.0. The minimum atomic E-state index is -3.41. The molecule has 12 heteroatoms. The lowest BCUT2D eigenvalue weighted by molar-refractivity contribution is -0.0892. The van der Waals surface area contributed by atoms with Gasteiger partial charge in [0.2, 0.25) is 0 Å². The van der Waals surface area contributed by atoms with Gasteiger partial charge < -0.3 is 35.7 Å². The molecule has 1 amide bonds. The Morgan fingerprint density at radius 3 is 2.42 bits per heavy atom. The predicted octanol–water partition coefficient (Wildman–Crippen LogP) is 3.55. The fourth-order valence-electron chi connectivity index (χ4n) is 2.73. The molecule has 2 aromatic rings. The number of alkyl carbamates (subject to hydrolysis) is 1. The molecule has 0 aliphatic heterocycles. The number of amides is 1. The van der Waals surface area contributed by atoms with Crippen LogP contribution in [0.25, 0.3) is 0 Å². The lowest BCUT2D eigenvalue weighted by Crippen LogP contribution is -2.36. The van der Waals surface area contributed by atoms with Gasteiger partial charge in [0.05, 0.1) is 18.9 Å². The summed E-state index contributed by atoms with van der Waals surface area (Å²) in [6.07, 6.45) is -0.650. The fraction of sp³-hybridized carbons (Fsp3) is 0.381. The van der Waals surface area contributed by atoms with Crippen LogP contribution in [0.15, 0.2) is 36.5 Å². The molecule has 1 heterocycles. The number of ether oxygens (including phenoxy) is 2. The molecule has 2 rings (SSSR count). The van der Waals surface area contributed by atoms with Crippen molar-refractivity contribution in [2.45, 2.75) is 38.3 Å². The van der Waals surface area contributed by atoms with Crippen LogP contribution in [0.1, 0.15) is 38.0 Å². The minimum absolute atomic E-state index is 0.0625. The number of benzene rings is 1. The Kier molecular flexibility index (Phi) is 8.65. The van der Waals surface area contributed by atoms with Gasteiger partial charge in [0, 0.05) is 17.4 Å². The number of alkyl halides is 2. The van der Waals surface area contributed by atoms with Crippen molar-refractivity contribution >= 4 is 32.5 Å². The quantitative estimate of drug-likeness (QED) is 0.271. The highest BCUT2D eigenvalue weighted by molar-refractivity contribution is 7.17. The van der Waals surface area contributed by atoms with Crippen LogP contribution in [0.2, 0.25) is 0 Å². The molecule has 1 aromatic heterocycles. The summed E-state index contributed by atoms with van der Waals surface area (Å²) in [5.74, 6) is -3.32. The van der Waals surface area contributed by atoms with Gasteiger partial charge in [-0.1, -0.05) is 0 Å². The van der Waals surface area contributed by atoms with E-state index in [2.05, 4.69) is 20.4 Å². The number of nitrogens with zero attached hydrogens (tertiary/aromatic N) is 1. The average molecular weight is 484 g/mol. The number of carbonyl (C=O) groups is 1. The standard InChI is InChI=1S/C21H27F2N4O5P/c1-20(2,3)32-19(30)26-10-15(24)17-14(16(29)11-28)8-9-25-18(17)27-12-4-6-13(7-5-12)31-21(22,23)33/h4-9,16,24,28-29H,10-11,33H2,1-3H3,(H,25,27)(H,26,30). The van der Waals surface area contributed by atoms with Crippen molar-refractivity contribution in [1.82, 2.24) is 10.3 Å². The Labute approximate surface area is 192 Å². The number of halogens is 2.